The minimum absolute atomic E-state index is 0.00216. The summed E-state index contributed by atoms with van der Waals surface area (Å²) in [7, 11) is 1.66. The van der Waals surface area contributed by atoms with E-state index >= 15 is 0 Å². The molecule has 2 bridgehead atoms. The van der Waals surface area contributed by atoms with Crippen LogP contribution < -0.4 is 65.1 Å². The smallest absolute Gasteiger partial charge is 0.323 e. The normalized spacial score (nSPS) is 22.0. The highest BCUT2D eigenvalue weighted by Crippen LogP contribution is 2.35. The van der Waals surface area contributed by atoms with Crippen LogP contribution in [0.4, 0.5) is 16.2 Å². The number of aliphatic hydroxyl groups is 1. The van der Waals surface area contributed by atoms with Crippen molar-refractivity contribution in [3.8, 4) is 11.5 Å². The number of fused-ring (bicyclic) bond motifs is 2. The molecule has 2 heterocycles. The van der Waals surface area contributed by atoms with Crippen LogP contribution in [0.1, 0.15) is 41.5 Å². The lowest BCUT2D eigenvalue weighted by Gasteiger charge is -2.40. The molecular weight excluding hydrogens is 1160 g/mol. The van der Waals surface area contributed by atoms with E-state index in [1.165, 1.54) is 48.5 Å². The van der Waals surface area contributed by atoms with Crippen LogP contribution in [0.5, 0.6) is 11.5 Å². The van der Waals surface area contributed by atoms with E-state index in [1.54, 1.807) is 78.9 Å². The Bertz CT molecular complexity index is 3150. The van der Waals surface area contributed by atoms with Gasteiger partial charge in [0.05, 0.1) is 17.4 Å². The molecule has 450 valence electrons. The predicted molar refractivity (Wildman–Crippen MR) is 321 cm³/mol. The van der Waals surface area contributed by atoms with Crippen molar-refractivity contribution in [3.05, 3.63) is 155 Å². The number of primary amides is 1. The van der Waals surface area contributed by atoms with Crippen LogP contribution in [0.25, 0.3) is 0 Å². The minimum atomic E-state index is -1.90. The number of aromatic hydroxyl groups is 2. The molecule has 2 aliphatic rings. The average molecular weight is 1220 g/mol. The number of carbonyl (C=O) groups is 9. The molecule has 27 heteroatoms. The second kappa shape index (κ2) is 30.9. The minimum Gasteiger partial charge on any atom is -0.508 e. The number of para-hydroxylation sites is 1. The second-order valence-corrected chi connectivity index (χ2v) is 23.4. The van der Waals surface area contributed by atoms with Gasteiger partial charge in [-0.2, -0.15) is 0 Å². The number of urea groups is 1. The van der Waals surface area contributed by atoms with Crippen LogP contribution in [0.2, 0.25) is 5.02 Å². The van der Waals surface area contributed by atoms with E-state index < -0.39 is 113 Å². The van der Waals surface area contributed by atoms with Crippen LogP contribution in [-0.2, 0) is 64.0 Å². The van der Waals surface area contributed by atoms with Crippen molar-refractivity contribution in [2.45, 2.75) is 105 Å². The Balaban J connectivity index is 1.24. The van der Waals surface area contributed by atoms with E-state index in [0.29, 0.717) is 45.1 Å². The fourth-order valence-corrected chi connectivity index (χ4v) is 12.3. The maximum atomic E-state index is 14.9. The van der Waals surface area contributed by atoms with Crippen LogP contribution in [-0.4, -0.2) is 141 Å². The van der Waals surface area contributed by atoms with Gasteiger partial charge in [0.1, 0.15) is 53.8 Å². The molecule has 0 saturated carbocycles. The molecule has 2 fully saturated rings. The lowest BCUT2D eigenvalue weighted by Crippen LogP contribution is -2.71. The van der Waals surface area contributed by atoms with E-state index in [0.717, 1.165) is 21.6 Å². The van der Waals surface area contributed by atoms with Gasteiger partial charge in [0.25, 0.3) is 0 Å². The van der Waals surface area contributed by atoms with Gasteiger partial charge in [-0.15, -0.1) is 0 Å². The molecule has 85 heavy (non-hydrogen) atoms. The number of unbranched alkanes of at least 4 members (excludes halogenated alkanes) is 1. The number of anilines is 2. The molecular formula is C58H67ClN12O12S2. The van der Waals surface area contributed by atoms with Crippen molar-refractivity contribution in [1.82, 2.24) is 37.2 Å². The summed E-state index contributed by atoms with van der Waals surface area (Å²) in [5.74, 6) is -7.91. The van der Waals surface area contributed by atoms with Gasteiger partial charge in [0, 0.05) is 41.4 Å². The first-order valence-corrected chi connectivity index (χ1v) is 29.9. The largest absolute Gasteiger partial charge is 0.508 e. The lowest BCUT2D eigenvalue weighted by molar-refractivity contribution is -0.140. The van der Waals surface area contributed by atoms with E-state index in [4.69, 9.17) is 28.8 Å². The predicted octanol–water partition coefficient (Wildman–Crippen LogP) is 1.14. The van der Waals surface area contributed by atoms with Gasteiger partial charge in [-0.05, 0) is 115 Å². The Morgan fingerprint density at radius 1 is 0.624 bits per heavy atom. The van der Waals surface area contributed by atoms with Crippen molar-refractivity contribution in [2.75, 3.05) is 22.9 Å². The Morgan fingerprint density at radius 3 is 1.73 bits per heavy atom. The van der Waals surface area contributed by atoms with Gasteiger partial charge in [0.2, 0.25) is 47.3 Å². The fraction of sp³-hybridized carbons (Fsp3) is 0.328. The topological polar surface area (TPSA) is 401 Å². The third kappa shape index (κ3) is 19.1. The number of aliphatic hydroxyl groups excluding tert-OH is 1. The monoisotopic (exact) mass is 1220 g/mol. The molecule has 24 nitrogen and oxygen atoms in total. The molecule has 5 aromatic carbocycles. The van der Waals surface area contributed by atoms with Crippen LogP contribution >= 0.6 is 33.2 Å². The highest BCUT2D eigenvalue weighted by molar-refractivity contribution is 8.77. The fourth-order valence-electron chi connectivity index (χ4n) is 9.21. The first-order chi connectivity index (χ1) is 40.7. The number of phenolic OH excluding ortho intramolecular Hbond substituents is 2. The summed E-state index contributed by atoms with van der Waals surface area (Å²) in [5.41, 5.74) is 20.9. The van der Waals surface area contributed by atoms with Crippen molar-refractivity contribution in [3.63, 3.8) is 0 Å². The number of nitrogens with one attached hydrogen (secondary N) is 9. The van der Waals surface area contributed by atoms with Crippen LogP contribution in [0.3, 0.4) is 0 Å². The number of nitrogens with two attached hydrogens (primary N) is 3. The quantitative estimate of drug-likeness (QED) is 0.0407. The van der Waals surface area contributed by atoms with Crippen molar-refractivity contribution in [2.24, 2.45) is 17.2 Å². The highest BCUT2D eigenvalue weighted by Gasteiger charge is 2.49. The zero-order chi connectivity index (χ0) is 61.2. The third-order valence-electron chi connectivity index (χ3n) is 13.9. The van der Waals surface area contributed by atoms with E-state index in [9.17, 15) is 58.5 Å². The number of amides is 10. The molecule has 5 aromatic rings. The van der Waals surface area contributed by atoms with Crippen molar-refractivity contribution >= 4 is 97.9 Å². The lowest BCUT2D eigenvalue weighted by atomic mass is 9.94. The Kier molecular flexibility index (Phi) is 23.4. The number of benzene rings is 5. The van der Waals surface area contributed by atoms with Crippen LogP contribution in [0, 0.1) is 0 Å². The zero-order valence-corrected chi connectivity index (χ0v) is 48.1. The summed E-state index contributed by atoms with van der Waals surface area (Å²) in [6.07, 6.45) is -1.86. The number of hydrogen-bond donors (Lipinski definition) is 15. The maximum Gasteiger partial charge on any atom is 0.323 e. The average Bonchev–Trinajstić information content (AvgIpc) is 3.68. The second-order valence-electron chi connectivity index (χ2n) is 20.3. The van der Waals surface area contributed by atoms with Gasteiger partial charge in [0.15, 0.2) is 0 Å². The number of carbonyl (C=O) groups excluding carboxylic acids is 9. The molecule has 10 atom stereocenters. The van der Waals surface area contributed by atoms with Gasteiger partial charge >= 0.3 is 6.03 Å². The number of halogens is 1. The summed E-state index contributed by atoms with van der Waals surface area (Å²) < 4.78 is 0. The Morgan fingerprint density at radius 2 is 1.14 bits per heavy atom. The maximum absolute atomic E-state index is 14.9. The van der Waals surface area contributed by atoms with Crippen LogP contribution in [0.15, 0.2) is 127 Å². The summed E-state index contributed by atoms with van der Waals surface area (Å²) in [5, 5.41) is 55.2. The molecule has 2 aliphatic heterocycles. The van der Waals surface area contributed by atoms with Crippen molar-refractivity contribution < 1.29 is 58.5 Å². The third-order valence-corrected chi connectivity index (χ3v) is 17.0. The number of hydrogen-bond acceptors (Lipinski definition) is 16. The summed E-state index contributed by atoms with van der Waals surface area (Å²) in [6.45, 7) is 0.212. The molecule has 0 aromatic heterocycles. The van der Waals surface area contributed by atoms with Gasteiger partial charge in [-0.25, -0.2) is 4.79 Å². The first kappa shape index (κ1) is 64.2. The molecule has 10 amide bonds. The standard InChI is InChI=1S/C58H67ClN12O12S2/c59-35-17-9-31(10-18-35)26-40(61)51(76)69-45-30-84-85-49-47(57(82)66-42(50(62)75)27-33-13-21-38(72)22-14-33)71-56(81)46(48(49)74)70-52(77)41(8-4-5-25-60)65-53(78)43(67-54(79)44(68-55(45)80)29-34-15-23-39(73)24-16-34)28-32-11-19-37(20-12-32)64-58(83)63-36-6-2-1-3-7-36/h1-3,6-7,9-24,40-49,72-74H,4-5,8,25-30,60-61H2,(H2,62,75)(H,65,78)(H,66,82)(H,67,79)(H,68,80)(H,69,76)(H,70,77)(H,71,81)(H2,63,64,83)/t40-,41-,42+,43+,44-,45+,46-,47-,48-,49?/m0/s1. The van der Waals surface area contributed by atoms with Crippen molar-refractivity contribution in [1.29, 1.82) is 0 Å². The molecule has 0 spiro atoms. The Hall–Kier alpha value is -8.40. The zero-order valence-electron chi connectivity index (χ0n) is 45.7. The SMILES string of the molecule is NCCCC[C@@H]1NC(=O)[C@@H](Cc2ccc(NC(=O)Nc3ccccc3)cc2)NC(=O)[C@H](Cc2ccc(O)cc2)NC(=O)[C@H](NC(=O)[C@@H](N)Cc2ccc(Cl)cc2)CSSC2[C@@H](C(=O)N[C@H](Cc3ccc(O)cc3)C(N)=O)NC(=O)[C@@H](NC1=O)[C@@H]2O. The number of piperidine rings is 1. The molecule has 0 radical (unpaired) electrons. The van der Waals surface area contributed by atoms with Gasteiger partial charge in [-0.3, -0.25) is 38.4 Å². The molecule has 0 aliphatic carbocycles. The molecule has 2 saturated heterocycles. The van der Waals surface area contributed by atoms with E-state index in [1.807, 2.05) is 0 Å². The Labute approximate surface area is 502 Å². The van der Waals surface area contributed by atoms with Gasteiger partial charge in [-0.1, -0.05) is 99.9 Å². The van der Waals surface area contributed by atoms with E-state index in [-0.39, 0.29) is 62.3 Å². The van der Waals surface area contributed by atoms with E-state index in [2.05, 4.69) is 47.9 Å². The van der Waals surface area contributed by atoms with Gasteiger partial charge < -0.3 is 80.4 Å². The molecule has 1 unspecified atom stereocenters. The first-order valence-electron chi connectivity index (χ1n) is 27.1. The number of phenols is 2. The highest BCUT2D eigenvalue weighted by atomic mass is 35.5. The molecule has 7 rings (SSSR count). The summed E-state index contributed by atoms with van der Waals surface area (Å²) in [4.78, 5) is 127. The summed E-state index contributed by atoms with van der Waals surface area (Å²) in [6, 6.07) is 20.6. The molecule has 18 N–H and O–H groups in total. The number of rotatable bonds is 19. The summed E-state index contributed by atoms with van der Waals surface area (Å²) >= 11 is 6.09.